The molecule has 0 spiro atoms. The molecule has 3 amide bonds. The summed E-state index contributed by atoms with van der Waals surface area (Å²) in [5, 5.41) is 11.3. The third-order valence-electron chi connectivity index (χ3n) is 4.22. The minimum Gasteiger partial charge on any atom is -0.451 e. The molecule has 0 aliphatic carbocycles. The molecule has 0 saturated carbocycles. The lowest BCUT2D eigenvalue weighted by molar-refractivity contribution is -0.123. The maximum atomic E-state index is 12.1. The minimum atomic E-state index is -0.748. The average molecular weight is 392 g/mol. The lowest BCUT2D eigenvalue weighted by Gasteiger charge is -2.08. The Kier molecular flexibility index (Phi) is 6.03. The summed E-state index contributed by atoms with van der Waals surface area (Å²) in [6, 6.07) is 15.5. The molecule has 3 aromatic rings. The Bertz CT molecular complexity index is 1040. The van der Waals surface area contributed by atoms with E-state index in [4.69, 9.17) is 4.74 Å². The summed E-state index contributed by atoms with van der Waals surface area (Å²) in [6.45, 7) is 3.28. The number of esters is 1. The van der Waals surface area contributed by atoms with Crippen LogP contribution in [0.4, 0.5) is 10.5 Å². The van der Waals surface area contributed by atoms with Crippen LogP contribution >= 0.6 is 0 Å². The zero-order chi connectivity index (χ0) is 20.8. The van der Waals surface area contributed by atoms with Gasteiger partial charge in [0.25, 0.3) is 5.91 Å². The highest BCUT2D eigenvalue weighted by Gasteiger charge is 2.15. The number of amides is 3. The van der Waals surface area contributed by atoms with E-state index in [1.54, 1.807) is 12.1 Å². The molecule has 0 radical (unpaired) electrons. The highest BCUT2D eigenvalue weighted by molar-refractivity contribution is 6.02. The van der Waals surface area contributed by atoms with Gasteiger partial charge >= 0.3 is 12.0 Å². The normalized spacial score (nSPS) is 10.3. The average Bonchev–Trinajstić information content (AvgIpc) is 3.20. The largest absolute Gasteiger partial charge is 0.451 e. The van der Waals surface area contributed by atoms with E-state index in [1.165, 1.54) is 6.07 Å². The van der Waals surface area contributed by atoms with Gasteiger partial charge in [-0.05, 0) is 43.2 Å². The molecule has 0 fully saturated rings. The smallest absolute Gasteiger partial charge is 0.356 e. The minimum absolute atomic E-state index is 0.108. The van der Waals surface area contributed by atoms with Gasteiger partial charge in [-0.15, -0.1) is 0 Å². The summed E-state index contributed by atoms with van der Waals surface area (Å²) < 4.78 is 4.92. The number of hydrogen-bond donors (Lipinski definition) is 3. The van der Waals surface area contributed by atoms with Crippen LogP contribution in [0.5, 0.6) is 0 Å². The highest BCUT2D eigenvalue weighted by atomic mass is 16.5. The number of aryl methyl sites for hydroxylation is 2. The number of nitrogens with one attached hydrogen (secondary N) is 3. The van der Waals surface area contributed by atoms with Gasteiger partial charge < -0.3 is 10.1 Å². The van der Waals surface area contributed by atoms with Crippen molar-refractivity contribution in [1.82, 2.24) is 15.5 Å². The van der Waals surface area contributed by atoms with Crippen LogP contribution in [-0.2, 0) is 9.53 Å². The number of anilines is 1. The zero-order valence-corrected chi connectivity index (χ0v) is 16.0. The molecule has 148 valence electrons. The van der Waals surface area contributed by atoms with Crippen LogP contribution in [0, 0.1) is 13.8 Å². The van der Waals surface area contributed by atoms with Gasteiger partial charge in [0.05, 0.1) is 5.69 Å². The van der Waals surface area contributed by atoms with E-state index in [2.05, 4.69) is 20.8 Å². The Labute approximate surface area is 167 Å². The highest BCUT2D eigenvalue weighted by Crippen LogP contribution is 2.17. The predicted octanol–water partition coefficient (Wildman–Crippen LogP) is 3.20. The van der Waals surface area contributed by atoms with E-state index in [0.29, 0.717) is 11.4 Å². The van der Waals surface area contributed by atoms with Gasteiger partial charge in [-0.1, -0.05) is 36.4 Å². The monoisotopic (exact) mass is 392 g/mol. The van der Waals surface area contributed by atoms with Crippen molar-refractivity contribution in [2.75, 3.05) is 11.9 Å². The lowest BCUT2D eigenvalue weighted by Crippen LogP contribution is -2.37. The van der Waals surface area contributed by atoms with E-state index in [0.717, 1.165) is 16.7 Å². The van der Waals surface area contributed by atoms with Crippen LogP contribution in [0.15, 0.2) is 54.6 Å². The van der Waals surface area contributed by atoms with Crippen molar-refractivity contribution in [2.45, 2.75) is 13.8 Å². The molecular formula is C21H20N4O4. The summed E-state index contributed by atoms with van der Waals surface area (Å²) in [7, 11) is 0. The molecule has 0 aliphatic heterocycles. The van der Waals surface area contributed by atoms with E-state index < -0.39 is 24.5 Å². The van der Waals surface area contributed by atoms with Crippen molar-refractivity contribution in [1.29, 1.82) is 0 Å². The van der Waals surface area contributed by atoms with Gasteiger partial charge in [0.15, 0.2) is 6.61 Å². The molecule has 0 atom stereocenters. The Morgan fingerprint density at radius 1 is 1.00 bits per heavy atom. The Hall–Kier alpha value is -3.94. The van der Waals surface area contributed by atoms with E-state index >= 15 is 0 Å². The fourth-order valence-electron chi connectivity index (χ4n) is 2.54. The van der Waals surface area contributed by atoms with Gasteiger partial charge in [0.2, 0.25) is 0 Å². The summed E-state index contributed by atoms with van der Waals surface area (Å²) >= 11 is 0. The molecule has 0 bridgehead atoms. The number of hydrogen-bond acceptors (Lipinski definition) is 5. The second-order valence-electron chi connectivity index (χ2n) is 6.41. The SMILES string of the molecule is Cc1ccc(NC(=O)NC(=O)COC(=O)c2cc(-c3ccccc3)n[nH]2)cc1C. The molecule has 0 unspecified atom stereocenters. The Morgan fingerprint density at radius 2 is 1.76 bits per heavy atom. The number of aromatic nitrogens is 2. The fraction of sp³-hybridized carbons (Fsp3) is 0.143. The van der Waals surface area contributed by atoms with Crippen molar-refractivity contribution in [3.8, 4) is 11.3 Å². The number of aromatic amines is 1. The summed E-state index contributed by atoms with van der Waals surface area (Å²) in [6.07, 6.45) is 0. The number of H-pyrrole nitrogens is 1. The van der Waals surface area contributed by atoms with Crippen LogP contribution < -0.4 is 10.6 Å². The van der Waals surface area contributed by atoms with Gasteiger partial charge in [-0.25, -0.2) is 9.59 Å². The third kappa shape index (κ3) is 5.29. The fourth-order valence-corrected chi connectivity index (χ4v) is 2.54. The Balaban J connectivity index is 1.48. The molecule has 29 heavy (non-hydrogen) atoms. The van der Waals surface area contributed by atoms with Gasteiger partial charge in [0, 0.05) is 11.3 Å². The van der Waals surface area contributed by atoms with E-state index in [9.17, 15) is 14.4 Å². The van der Waals surface area contributed by atoms with Crippen molar-refractivity contribution in [2.24, 2.45) is 0 Å². The molecule has 8 nitrogen and oxygen atoms in total. The molecule has 8 heteroatoms. The number of urea groups is 1. The van der Waals surface area contributed by atoms with Crippen molar-refractivity contribution >= 4 is 23.6 Å². The van der Waals surface area contributed by atoms with Crippen LogP contribution in [0.3, 0.4) is 0 Å². The zero-order valence-electron chi connectivity index (χ0n) is 16.0. The van der Waals surface area contributed by atoms with Crippen LogP contribution in [0.25, 0.3) is 11.3 Å². The van der Waals surface area contributed by atoms with Crippen molar-refractivity contribution in [3.63, 3.8) is 0 Å². The number of ether oxygens (including phenoxy) is 1. The number of carbonyl (C=O) groups excluding carboxylic acids is 3. The number of carbonyl (C=O) groups is 3. The van der Waals surface area contributed by atoms with Gasteiger partial charge in [0.1, 0.15) is 5.69 Å². The molecule has 0 aliphatic rings. The molecule has 3 rings (SSSR count). The first kappa shape index (κ1) is 19.8. The topological polar surface area (TPSA) is 113 Å². The predicted molar refractivity (Wildman–Crippen MR) is 107 cm³/mol. The third-order valence-corrected chi connectivity index (χ3v) is 4.22. The van der Waals surface area contributed by atoms with E-state index in [1.807, 2.05) is 50.2 Å². The van der Waals surface area contributed by atoms with Gasteiger partial charge in [-0.3, -0.25) is 15.2 Å². The molecule has 1 aromatic heterocycles. The Morgan fingerprint density at radius 3 is 2.48 bits per heavy atom. The number of imide groups is 1. The van der Waals surface area contributed by atoms with Crippen LogP contribution in [0.2, 0.25) is 0 Å². The maximum Gasteiger partial charge on any atom is 0.356 e. The first-order valence-corrected chi connectivity index (χ1v) is 8.88. The van der Waals surface area contributed by atoms with Crippen LogP contribution in [0.1, 0.15) is 21.6 Å². The second kappa shape index (κ2) is 8.83. The number of benzene rings is 2. The van der Waals surface area contributed by atoms with Crippen LogP contribution in [-0.4, -0.2) is 34.7 Å². The molecule has 2 aromatic carbocycles. The molecule has 1 heterocycles. The lowest BCUT2D eigenvalue weighted by atomic mass is 10.1. The van der Waals surface area contributed by atoms with E-state index in [-0.39, 0.29) is 5.69 Å². The number of rotatable bonds is 5. The summed E-state index contributed by atoms with van der Waals surface area (Å²) in [5.41, 5.74) is 4.18. The first-order chi connectivity index (χ1) is 13.9. The number of nitrogens with zero attached hydrogens (tertiary/aromatic N) is 1. The summed E-state index contributed by atoms with van der Waals surface area (Å²) in [4.78, 5) is 35.8. The standard InChI is InChI=1S/C21H20N4O4/c1-13-8-9-16(10-14(13)2)22-21(28)23-19(26)12-29-20(27)18-11-17(24-25-18)15-6-4-3-5-7-15/h3-11H,12H2,1-2H3,(H,24,25)(H2,22,23,26,28). The molecule has 0 saturated heterocycles. The van der Waals surface area contributed by atoms with Crippen molar-refractivity contribution < 1.29 is 19.1 Å². The maximum absolute atomic E-state index is 12.1. The van der Waals surface area contributed by atoms with Crippen molar-refractivity contribution in [3.05, 3.63) is 71.4 Å². The van der Waals surface area contributed by atoms with Gasteiger partial charge in [-0.2, -0.15) is 5.10 Å². The first-order valence-electron chi connectivity index (χ1n) is 8.88. The molecular weight excluding hydrogens is 372 g/mol. The quantitative estimate of drug-likeness (QED) is 0.577. The summed E-state index contributed by atoms with van der Waals surface area (Å²) in [5.74, 6) is -1.49. The second-order valence-corrected chi connectivity index (χ2v) is 6.41. The molecule has 3 N–H and O–H groups in total.